The molecule has 0 fully saturated rings. The van der Waals surface area contributed by atoms with Crippen molar-refractivity contribution >= 4 is 16.6 Å². The number of aliphatic hydroxyl groups excluding tert-OH is 3. The lowest BCUT2D eigenvalue weighted by atomic mass is 10.00. The summed E-state index contributed by atoms with van der Waals surface area (Å²) in [6, 6.07) is 21.7. The number of fused-ring (bicyclic) bond motifs is 1. The summed E-state index contributed by atoms with van der Waals surface area (Å²) in [6.07, 6.45) is 2.02. The van der Waals surface area contributed by atoms with Crippen LogP contribution in [0.25, 0.3) is 33.4 Å². The van der Waals surface area contributed by atoms with Gasteiger partial charge in [-0.3, -0.25) is 4.68 Å². The lowest BCUT2D eigenvalue weighted by Crippen LogP contribution is -2.18. The number of nitrogens with zero attached hydrogens (tertiary/aromatic N) is 5. The smallest absolute Gasteiger partial charge is 0.205 e. The number of H-pyrrole nitrogens is 1. The molecule has 0 saturated carbocycles. The second kappa shape index (κ2) is 8.03. The summed E-state index contributed by atoms with van der Waals surface area (Å²) < 4.78 is 1.92. The van der Waals surface area contributed by atoms with E-state index in [0.29, 0.717) is 23.6 Å². The first-order valence-electron chi connectivity index (χ1n) is 10.8. The lowest BCUT2D eigenvalue weighted by molar-refractivity contribution is 0.257. The van der Waals surface area contributed by atoms with Gasteiger partial charge in [-0.25, -0.2) is 0 Å². The summed E-state index contributed by atoms with van der Waals surface area (Å²) in [5.41, 5.74) is 5.02. The highest BCUT2D eigenvalue weighted by Gasteiger charge is 2.29. The molecule has 0 radical (unpaired) electrons. The van der Waals surface area contributed by atoms with Crippen LogP contribution in [0.1, 0.15) is 5.56 Å². The summed E-state index contributed by atoms with van der Waals surface area (Å²) in [7, 11) is 0. The molecule has 0 amide bonds. The number of benzene rings is 3. The topological polar surface area (TPSA) is 145 Å². The minimum absolute atomic E-state index is 0.0359. The molecule has 0 atom stereocenters. The van der Waals surface area contributed by atoms with E-state index in [1.54, 1.807) is 6.07 Å². The number of hydrogen-bond donors (Lipinski definition) is 5. The highest BCUT2D eigenvalue weighted by Crippen LogP contribution is 2.34. The van der Waals surface area contributed by atoms with Crippen LogP contribution in [0.4, 0.5) is 5.69 Å². The van der Waals surface area contributed by atoms with Crippen molar-refractivity contribution in [3.8, 4) is 22.5 Å². The maximum atomic E-state index is 9.87. The summed E-state index contributed by atoms with van der Waals surface area (Å²) in [5.74, 6) is -0.963. The standard InChI is InChI=1S/C25H19N7O3/c33-22-21(23(34)24(22)35)26-19-9-17(8-18(10-19)25-27-30-31-28-25)15-6-7-16-13-32(29-20(16)11-15)12-14-4-2-1-3-5-14/h1-11,13,26,33-35H,12H2,(H,27,28,30,31). The van der Waals surface area contributed by atoms with Gasteiger partial charge in [0.2, 0.25) is 11.6 Å². The molecule has 1 aliphatic carbocycles. The van der Waals surface area contributed by atoms with Crippen molar-refractivity contribution in [3.63, 3.8) is 0 Å². The lowest BCUT2D eigenvalue weighted by Gasteiger charge is -2.21. The summed E-state index contributed by atoms with van der Waals surface area (Å²) in [6.45, 7) is 0.675. The van der Waals surface area contributed by atoms with Gasteiger partial charge in [0.25, 0.3) is 0 Å². The predicted molar refractivity (Wildman–Crippen MR) is 129 cm³/mol. The molecule has 2 heterocycles. The number of aromatic amines is 1. The number of hydrogen-bond acceptors (Lipinski definition) is 8. The van der Waals surface area contributed by atoms with E-state index in [1.165, 1.54) is 5.56 Å². The van der Waals surface area contributed by atoms with Crippen molar-refractivity contribution in [2.24, 2.45) is 0 Å². The van der Waals surface area contributed by atoms with E-state index >= 15 is 0 Å². The van der Waals surface area contributed by atoms with Crippen molar-refractivity contribution in [2.45, 2.75) is 6.54 Å². The highest BCUT2D eigenvalue weighted by molar-refractivity contribution is 5.86. The molecule has 5 N–H and O–H groups in total. The Morgan fingerprint density at radius 1 is 0.829 bits per heavy atom. The molecular weight excluding hydrogens is 446 g/mol. The van der Waals surface area contributed by atoms with E-state index < -0.39 is 17.3 Å². The van der Waals surface area contributed by atoms with Gasteiger partial charge in [-0.2, -0.15) is 10.3 Å². The van der Waals surface area contributed by atoms with Gasteiger partial charge in [0, 0.05) is 22.8 Å². The van der Waals surface area contributed by atoms with E-state index in [0.717, 1.165) is 22.0 Å². The van der Waals surface area contributed by atoms with Crippen LogP contribution < -0.4 is 5.32 Å². The number of nitrogens with one attached hydrogen (secondary N) is 2. The Hall–Kier alpha value is -5.12. The van der Waals surface area contributed by atoms with Crippen LogP contribution in [0.3, 0.4) is 0 Å². The third kappa shape index (κ3) is 3.72. The van der Waals surface area contributed by atoms with Gasteiger partial charge in [-0.1, -0.05) is 42.5 Å². The first-order valence-corrected chi connectivity index (χ1v) is 10.8. The molecule has 6 rings (SSSR count). The van der Waals surface area contributed by atoms with Gasteiger partial charge in [0.1, 0.15) is 5.70 Å². The fourth-order valence-electron chi connectivity index (χ4n) is 4.04. The van der Waals surface area contributed by atoms with Crippen molar-refractivity contribution in [2.75, 3.05) is 5.32 Å². The SMILES string of the molecule is OC1=C(O)C(Nc2cc(-c3ccc4cn(Cc5ccccc5)nc4c3)cc(-c3nn[nH]n3)c2)=C1O. The van der Waals surface area contributed by atoms with Gasteiger partial charge in [-0.15, -0.1) is 10.2 Å². The normalized spacial score (nSPS) is 13.4. The Morgan fingerprint density at radius 3 is 2.43 bits per heavy atom. The molecule has 0 aliphatic heterocycles. The fourth-order valence-corrected chi connectivity index (χ4v) is 4.04. The molecule has 172 valence electrons. The van der Waals surface area contributed by atoms with Crippen LogP contribution >= 0.6 is 0 Å². The van der Waals surface area contributed by atoms with E-state index in [1.807, 2.05) is 59.4 Å². The van der Waals surface area contributed by atoms with Gasteiger partial charge >= 0.3 is 0 Å². The first kappa shape index (κ1) is 20.5. The Morgan fingerprint density at radius 2 is 1.66 bits per heavy atom. The average molecular weight is 465 g/mol. The Kier molecular flexibility index (Phi) is 4.70. The second-order valence-corrected chi connectivity index (χ2v) is 8.17. The molecule has 0 unspecified atom stereocenters. The molecular formula is C25H19N7O3. The van der Waals surface area contributed by atoms with Gasteiger partial charge in [0.05, 0.1) is 12.1 Å². The van der Waals surface area contributed by atoms with Crippen LogP contribution in [-0.2, 0) is 6.54 Å². The van der Waals surface area contributed by atoms with E-state index in [2.05, 4.69) is 38.1 Å². The quantitative estimate of drug-likeness (QED) is 0.247. The Bertz CT molecular complexity index is 1620. The van der Waals surface area contributed by atoms with Gasteiger partial charge in [-0.05, 0) is 46.2 Å². The van der Waals surface area contributed by atoms with Crippen molar-refractivity contribution in [1.82, 2.24) is 30.4 Å². The minimum atomic E-state index is -0.543. The summed E-state index contributed by atoms with van der Waals surface area (Å²) in [5, 5.41) is 52.2. The van der Waals surface area contributed by atoms with Crippen LogP contribution in [0.15, 0.2) is 95.9 Å². The number of rotatable bonds is 6. The largest absolute Gasteiger partial charge is 0.503 e. The molecule has 3 aromatic carbocycles. The monoisotopic (exact) mass is 465 g/mol. The van der Waals surface area contributed by atoms with Crippen LogP contribution in [-0.4, -0.2) is 45.7 Å². The Balaban J connectivity index is 1.37. The second-order valence-electron chi connectivity index (χ2n) is 8.17. The third-order valence-electron chi connectivity index (χ3n) is 5.80. The van der Waals surface area contributed by atoms with E-state index in [9.17, 15) is 15.3 Å². The van der Waals surface area contributed by atoms with Crippen LogP contribution in [0, 0.1) is 0 Å². The third-order valence-corrected chi connectivity index (χ3v) is 5.80. The van der Waals surface area contributed by atoms with Crippen molar-refractivity contribution in [3.05, 3.63) is 101 Å². The molecule has 0 bridgehead atoms. The summed E-state index contributed by atoms with van der Waals surface area (Å²) >= 11 is 0. The zero-order chi connectivity index (χ0) is 23.9. The molecule has 2 aromatic heterocycles. The van der Waals surface area contributed by atoms with E-state index in [4.69, 9.17) is 5.10 Å². The fraction of sp³-hybridized carbons (Fsp3) is 0.0400. The predicted octanol–water partition coefficient (Wildman–Crippen LogP) is 4.45. The number of anilines is 1. The maximum absolute atomic E-state index is 9.87. The van der Waals surface area contributed by atoms with E-state index in [-0.39, 0.29) is 5.70 Å². The Labute approximate surface area is 198 Å². The van der Waals surface area contributed by atoms with Crippen molar-refractivity contribution in [1.29, 1.82) is 0 Å². The number of aromatic nitrogens is 6. The van der Waals surface area contributed by atoms with Crippen LogP contribution in [0.2, 0.25) is 0 Å². The van der Waals surface area contributed by atoms with Gasteiger partial charge in [0.15, 0.2) is 11.5 Å². The zero-order valence-corrected chi connectivity index (χ0v) is 18.2. The molecule has 5 aromatic rings. The molecule has 35 heavy (non-hydrogen) atoms. The zero-order valence-electron chi connectivity index (χ0n) is 18.2. The molecule has 0 saturated heterocycles. The molecule has 10 heteroatoms. The minimum Gasteiger partial charge on any atom is -0.503 e. The first-order chi connectivity index (χ1) is 17.0. The average Bonchev–Trinajstić information content (AvgIpc) is 3.56. The molecule has 1 aliphatic rings. The molecule has 0 spiro atoms. The molecule has 10 nitrogen and oxygen atoms in total. The van der Waals surface area contributed by atoms with Crippen molar-refractivity contribution < 1.29 is 15.3 Å². The number of tetrazole rings is 1. The van der Waals surface area contributed by atoms with Crippen LogP contribution in [0.5, 0.6) is 0 Å². The number of aliphatic hydroxyl groups is 3. The summed E-state index contributed by atoms with van der Waals surface area (Å²) in [4.78, 5) is 0. The van der Waals surface area contributed by atoms with Gasteiger partial charge < -0.3 is 20.6 Å². The highest BCUT2D eigenvalue weighted by atomic mass is 16.3. The maximum Gasteiger partial charge on any atom is 0.205 e.